The maximum atomic E-state index is 10.6. The fourth-order valence-corrected chi connectivity index (χ4v) is 0.822. The molecule has 0 amide bonds. The molecule has 1 heterocycles. The molecule has 0 unspecified atom stereocenters. The Bertz CT molecular complexity index is 387. The second-order valence-electron chi connectivity index (χ2n) is 2.85. The Morgan fingerprint density at radius 1 is 1.71 bits per heavy atom. The van der Waals surface area contributed by atoms with Crippen LogP contribution in [0.2, 0.25) is 0 Å². The number of H-pyrrole nitrogens is 1. The van der Waals surface area contributed by atoms with Gasteiger partial charge in [-0.2, -0.15) is 0 Å². The Morgan fingerprint density at radius 2 is 2.50 bits per heavy atom. The van der Waals surface area contributed by atoms with Gasteiger partial charge in [-0.3, -0.25) is 4.99 Å². The molecular formula is C9H13N3O2. The molecule has 0 saturated carbocycles. The summed E-state index contributed by atoms with van der Waals surface area (Å²) in [5.41, 5.74) is 0.718. The smallest absolute Gasteiger partial charge is 0.388 e. The highest BCUT2D eigenvalue weighted by molar-refractivity contribution is 5.62. The van der Waals surface area contributed by atoms with Crippen LogP contribution in [0.5, 0.6) is 0 Å². The van der Waals surface area contributed by atoms with Gasteiger partial charge in [-0.25, -0.2) is 9.89 Å². The van der Waals surface area contributed by atoms with Gasteiger partial charge >= 0.3 is 5.76 Å². The minimum atomic E-state index is -0.551. The van der Waals surface area contributed by atoms with Crippen molar-refractivity contribution in [2.45, 2.75) is 26.7 Å². The minimum absolute atomic E-state index is 0.281. The van der Waals surface area contributed by atoms with E-state index >= 15 is 0 Å². The normalized spacial score (nSPS) is 12.6. The van der Waals surface area contributed by atoms with Gasteiger partial charge in [-0.1, -0.05) is 13.3 Å². The first-order valence-electron chi connectivity index (χ1n) is 4.48. The molecule has 0 aliphatic rings. The zero-order valence-corrected chi connectivity index (χ0v) is 8.28. The van der Waals surface area contributed by atoms with E-state index in [9.17, 15) is 4.79 Å². The highest BCUT2D eigenvalue weighted by Gasteiger charge is 2.01. The molecule has 14 heavy (non-hydrogen) atoms. The molecule has 0 aromatic carbocycles. The monoisotopic (exact) mass is 195 g/mol. The minimum Gasteiger partial charge on any atom is -0.388 e. The van der Waals surface area contributed by atoms with Crippen molar-refractivity contribution in [3.8, 4) is 0 Å². The van der Waals surface area contributed by atoms with E-state index in [-0.39, 0.29) is 5.89 Å². The van der Waals surface area contributed by atoms with Crippen molar-refractivity contribution < 1.29 is 4.42 Å². The molecule has 0 aliphatic carbocycles. The Labute approximate surface area is 81.6 Å². The maximum Gasteiger partial charge on any atom is 0.434 e. The highest BCUT2D eigenvalue weighted by atomic mass is 16.4. The van der Waals surface area contributed by atoms with Crippen molar-refractivity contribution in [3.63, 3.8) is 0 Å². The van der Waals surface area contributed by atoms with Crippen molar-refractivity contribution in [2.75, 3.05) is 0 Å². The number of hydrogen-bond acceptors (Lipinski definition) is 4. The fourth-order valence-electron chi connectivity index (χ4n) is 0.822. The molecule has 5 nitrogen and oxygen atoms in total. The number of hydrogen-bond donors (Lipinski definition) is 1. The van der Waals surface area contributed by atoms with Gasteiger partial charge in [0.1, 0.15) is 0 Å². The molecule has 1 aromatic heterocycles. The number of aliphatic imine (C=N–C) groups is 1. The number of nitrogens with zero attached hydrogens (tertiary/aromatic N) is 2. The number of unbranched alkanes of at least 4 members (excludes halogenated alkanes) is 1. The van der Waals surface area contributed by atoms with E-state index < -0.39 is 5.76 Å². The molecule has 0 radical (unpaired) electrons. The molecule has 0 saturated heterocycles. The van der Waals surface area contributed by atoms with Crippen LogP contribution in [0.15, 0.2) is 20.4 Å². The number of aromatic nitrogens is 2. The number of allylic oxidation sites excluding steroid dienone is 1. The van der Waals surface area contributed by atoms with E-state index in [1.165, 1.54) is 0 Å². The molecule has 0 atom stereocenters. The van der Waals surface area contributed by atoms with Crippen molar-refractivity contribution in [3.05, 3.63) is 22.6 Å². The van der Waals surface area contributed by atoms with E-state index in [2.05, 4.69) is 22.1 Å². The molecule has 1 rings (SSSR count). The lowest BCUT2D eigenvalue weighted by molar-refractivity contribution is 0.500. The number of nitrogens with one attached hydrogen (secondary N) is 1. The van der Waals surface area contributed by atoms with E-state index in [4.69, 9.17) is 4.42 Å². The molecule has 1 aromatic rings. The number of aromatic amines is 1. The van der Waals surface area contributed by atoms with E-state index in [0.717, 1.165) is 18.4 Å². The van der Waals surface area contributed by atoms with E-state index in [1.807, 2.05) is 6.21 Å². The lowest BCUT2D eigenvalue weighted by Gasteiger charge is -1.88. The van der Waals surface area contributed by atoms with Crippen molar-refractivity contribution >= 4 is 11.8 Å². The molecule has 0 fully saturated rings. The quantitative estimate of drug-likeness (QED) is 0.741. The summed E-state index contributed by atoms with van der Waals surface area (Å²) in [4.78, 5) is 14.7. The number of rotatable bonds is 4. The van der Waals surface area contributed by atoms with Crippen LogP contribution in [0.4, 0.5) is 0 Å². The standard InChI is InChI=1S/C9H13N3O2/c1-3-4-5-10-6-7(2)8-11-12-9(13)14-8/h5-6H,3-4H2,1-2H3,(H,12,13)/b7-6+,10-5?. The third-order valence-electron chi connectivity index (χ3n) is 1.57. The van der Waals surface area contributed by atoms with Gasteiger partial charge in [0.05, 0.1) is 0 Å². The lowest BCUT2D eigenvalue weighted by atomic mass is 10.3. The molecule has 1 N–H and O–H groups in total. The third kappa shape index (κ3) is 3.01. The van der Waals surface area contributed by atoms with Crippen LogP contribution >= 0.6 is 0 Å². The third-order valence-corrected chi connectivity index (χ3v) is 1.57. The highest BCUT2D eigenvalue weighted by Crippen LogP contribution is 2.06. The van der Waals surface area contributed by atoms with Crippen LogP contribution in [-0.4, -0.2) is 16.4 Å². The SMILES string of the molecule is CCCC=N/C=C(\C)c1n[nH]c(=O)o1. The van der Waals surface area contributed by atoms with Crippen molar-refractivity contribution in [1.82, 2.24) is 10.2 Å². The second kappa shape index (κ2) is 5.16. The van der Waals surface area contributed by atoms with Crippen molar-refractivity contribution in [1.29, 1.82) is 0 Å². The van der Waals surface area contributed by atoms with Gasteiger partial charge in [0.2, 0.25) is 5.89 Å². The average molecular weight is 195 g/mol. The summed E-state index contributed by atoms with van der Waals surface area (Å²) in [5.74, 6) is -0.270. The van der Waals surface area contributed by atoms with Crippen LogP contribution in [0.25, 0.3) is 5.57 Å². The summed E-state index contributed by atoms with van der Waals surface area (Å²) in [5, 5.41) is 5.85. The Kier molecular flexibility index (Phi) is 3.84. The predicted molar refractivity (Wildman–Crippen MR) is 54.2 cm³/mol. The van der Waals surface area contributed by atoms with E-state index in [0.29, 0.717) is 0 Å². The van der Waals surface area contributed by atoms with E-state index in [1.54, 1.807) is 13.1 Å². The first-order valence-corrected chi connectivity index (χ1v) is 4.48. The summed E-state index contributed by atoms with van der Waals surface area (Å²) in [6.07, 6.45) is 5.44. The molecule has 0 spiro atoms. The van der Waals surface area contributed by atoms with Crippen molar-refractivity contribution in [2.24, 2.45) is 4.99 Å². The topological polar surface area (TPSA) is 71.2 Å². The zero-order chi connectivity index (χ0) is 10.4. The van der Waals surface area contributed by atoms with Crippen LogP contribution in [-0.2, 0) is 0 Å². The molecule has 5 heteroatoms. The van der Waals surface area contributed by atoms with Gasteiger partial charge in [0, 0.05) is 18.0 Å². The van der Waals surface area contributed by atoms with Gasteiger partial charge in [0.25, 0.3) is 0 Å². The zero-order valence-electron chi connectivity index (χ0n) is 8.28. The van der Waals surface area contributed by atoms with Crippen LogP contribution in [0, 0.1) is 0 Å². The van der Waals surface area contributed by atoms with Gasteiger partial charge in [-0.15, -0.1) is 5.10 Å². The van der Waals surface area contributed by atoms with Gasteiger partial charge in [-0.05, 0) is 13.3 Å². The Morgan fingerprint density at radius 3 is 3.07 bits per heavy atom. The molecule has 0 aliphatic heterocycles. The summed E-state index contributed by atoms with van der Waals surface area (Å²) < 4.78 is 4.74. The summed E-state index contributed by atoms with van der Waals surface area (Å²) in [7, 11) is 0. The maximum absolute atomic E-state index is 10.6. The summed E-state index contributed by atoms with van der Waals surface area (Å²) >= 11 is 0. The summed E-state index contributed by atoms with van der Waals surface area (Å²) in [6.45, 7) is 3.86. The van der Waals surface area contributed by atoms with Gasteiger partial charge in [0.15, 0.2) is 0 Å². The van der Waals surface area contributed by atoms with Crippen LogP contribution < -0.4 is 5.76 Å². The van der Waals surface area contributed by atoms with Crippen LogP contribution in [0.3, 0.4) is 0 Å². The van der Waals surface area contributed by atoms with Gasteiger partial charge < -0.3 is 4.42 Å². The summed E-state index contributed by atoms with van der Waals surface area (Å²) in [6, 6.07) is 0. The Balaban J connectivity index is 2.65. The average Bonchev–Trinajstić information content (AvgIpc) is 2.59. The lowest BCUT2D eigenvalue weighted by Crippen LogP contribution is -1.93. The predicted octanol–water partition coefficient (Wildman–Crippen LogP) is 1.59. The van der Waals surface area contributed by atoms with Crippen LogP contribution in [0.1, 0.15) is 32.6 Å². The molecule has 76 valence electrons. The second-order valence-corrected chi connectivity index (χ2v) is 2.85. The molecule has 0 bridgehead atoms. The largest absolute Gasteiger partial charge is 0.434 e. The fraction of sp³-hybridized carbons (Fsp3) is 0.444. The first-order chi connectivity index (χ1) is 6.74. The first kappa shape index (κ1) is 10.4. The molecular weight excluding hydrogens is 182 g/mol. The Hall–Kier alpha value is -1.65.